The fraction of sp³-hybridized carbons (Fsp3) is 0.286. The van der Waals surface area contributed by atoms with Crippen LogP contribution in [0.4, 0.5) is 0 Å². The fourth-order valence-electron chi connectivity index (χ4n) is 2.03. The largest absolute Gasteiger partial charge is 0.493 e. The maximum Gasteiger partial charge on any atom is 0.162 e. The molecule has 124 valence electrons. The third-order valence-corrected chi connectivity index (χ3v) is 3.26. The highest BCUT2D eigenvalue weighted by Gasteiger charge is 2.11. The molecule has 0 fully saturated rings. The maximum atomic E-state index is 5.39. The minimum atomic E-state index is -0.155. The van der Waals surface area contributed by atoms with E-state index in [2.05, 4.69) is 37.6 Å². The van der Waals surface area contributed by atoms with Crippen molar-refractivity contribution in [2.24, 2.45) is 4.99 Å². The van der Waals surface area contributed by atoms with E-state index >= 15 is 0 Å². The van der Waals surface area contributed by atoms with Crippen molar-refractivity contribution < 1.29 is 9.47 Å². The average molecular weight is 321 g/mol. The number of aliphatic imine (C=N–C) groups is 1. The smallest absolute Gasteiger partial charge is 0.162 e. The number of rotatable bonds is 3. The van der Waals surface area contributed by atoms with Crippen molar-refractivity contribution in [2.75, 3.05) is 14.2 Å². The Morgan fingerprint density at radius 2 is 1.54 bits per heavy atom. The zero-order chi connectivity index (χ0) is 17.6. The molecule has 24 heavy (non-hydrogen) atoms. The highest BCUT2D eigenvalue weighted by molar-refractivity contribution is 5.85. The van der Waals surface area contributed by atoms with Gasteiger partial charge in [0, 0.05) is 29.0 Å². The predicted octanol–water partition coefficient (Wildman–Crippen LogP) is 4.32. The van der Waals surface area contributed by atoms with Crippen LogP contribution in [0.1, 0.15) is 37.5 Å². The number of hydrogen-bond donors (Lipinski definition) is 0. The van der Waals surface area contributed by atoms with Gasteiger partial charge in [-0.2, -0.15) is 0 Å². The Morgan fingerprint density at radius 1 is 0.917 bits per heavy atom. The summed E-state index contributed by atoms with van der Waals surface area (Å²) < 4.78 is 10.8. The second-order valence-corrected chi connectivity index (χ2v) is 6.34. The standard InChI is InChI=1S/C21H23NO2/c1-21(2,3)22-15-18-14-20(24-5)19(23-4)13-17(18)12-11-16-9-7-6-8-10-16/h6-10,13-15H,1-5H3. The quantitative estimate of drug-likeness (QED) is 0.622. The van der Waals surface area contributed by atoms with E-state index in [0.717, 1.165) is 16.7 Å². The van der Waals surface area contributed by atoms with Gasteiger partial charge in [-0.3, -0.25) is 4.99 Å². The summed E-state index contributed by atoms with van der Waals surface area (Å²) in [7, 11) is 3.24. The molecule has 0 unspecified atom stereocenters. The van der Waals surface area contributed by atoms with Gasteiger partial charge in [0.05, 0.1) is 19.8 Å². The van der Waals surface area contributed by atoms with Gasteiger partial charge in [0.25, 0.3) is 0 Å². The molecule has 0 bridgehead atoms. The van der Waals surface area contributed by atoms with Crippen molar-refractivity contribution in [3.8, 4) is 23.3 Å². The van der Waals surface area contributed by atoms with E-state index in [1.807, 2.05) is 48.7 Å². The van der Waals surface area contributed by atoms with Gasteiger partial charge >= 0.3 is 0 Å². The van der Waals surface area contributed by atoms with Gasteiger partial charge in [-0.1, -0.05) is 30.0 Å². The molecule has 0 aromatic heterocycles. The van der Waals surface area contributed by atoms with Crippen LogP contribution >= 0.6 is 0 Å². The second kappa shape index (κ2) is 7.70. The Labute approximate surface area is 144 Å². The van der Waals surface area contributed by atoms with Crippen molar-refractivity contribution in [1.29, 1.82) is 0 Å². The molecule has 0 saturated carbocycles. The lowest BCUT2D eigenvalue weighted by molar-refractivity contribution is 0.355. The van der Waals surface area contributed by atoms with Gasteiger partial charge in [0.1, 0.15) is 0 Å². The van der Waals surface area contributed by atoms with E-state index in [9.17, 15) is 0 Å². The first-order valence-corrected chi connectivity index (χ1v) is 7.81. The van der Waals surface area contributed by atoms with Crippen LogP contribution in [-0.4, -0.2) is 26.0 Å². The summed E-state index contributed by atoms with van der Waals surface area (Å²) >= 11 is 0. The predicted molar refractivity (Wildman–Crippen MR) is 99.3 cm³/mol. The summed E-state index contributed by atoms with van der Waals surface area (Å²) in [5, 5.41) is 0. The molecule has 0 radical (unpaired) electrons. The monoisotopic (exact) mass is 321 g/mol. The first-order chi connectivity index (χ1) is 11.4. The van der Waals surface area contributed by atoms with E-state index in [-0.39, 0.29) is 5.54 Å². The van der Waals surface area contributed by atoms with Gasteiger partial charge in [-0.15, -0.1) is 0 Å². The molecule has 0 aliphatic carbocycles. The molecule has 0 aliphatic heterocycles. The lowest BCUT2D eigenvalue weighted by atomic mass is 10.1. The van der Waals surface area contributed by atoms with Crippen molar-refractivity contribution >= 4 is 6.21 Å². The zero-order valence-electron chi connectivity index (χ0n) is 14.9. The summed E-state index contributed by atoms with van der Waals surface area (Å²) in [5.74, 6) is 7.71. The van der Waals surface area contributed by atoms with E-state index in [1.165, 1.54) is 0 Å². The first-order valence-electron chi connectivity index (χ1n) is 7.81. The van der Waals surface area contributed by atoms with E-state index in [1.54, 1.807) is 14.2 Å². The van der Waals surface area contributed by atoms with Crippen LogP contribution in [0.3, 0.4) is 0 Å². The van der Waals surface area contributed by atoms with Gasteiger partial charge in [0.15, 0.2) is 11.5 Å². The van der Waals surface area contributed by atoms with Crippen LogP contribution in [0.2, 0.25) is 0 Å². The van der Waals surface area contributed by atoms with Crippen LogP contribution < -0.4 is 9.47 Å². The molecule has 0 saturated heterocycles. The topological polar surface area (TPSA) is 30.8 Å². The summed E-state index contributed by atoms with van der Waals surface area (Å²) in [5.41, 5.74) is 2.57. The summed E-state index contributed by atoms with van der Waals surface area (Å²) in [4.78, 5) is 4.58. The molecule has 2 rings (SSSR count). The molecular weight excluding hydrogens is 298 g/mol. The molecule has 0 atom stereocenters. The SMILES string of the molecule is COc1cc(C#Cc2ccccc2)c(C=NC(C)(C)C)cc1OC. The third kappa shape index (κ3) is 4.89. The van der Waals surface area contributed by atoms with Crippen molar-refractivity contribution in [2.45, 2.75) is 26.3 Å². The number of hydrogen-bond acceptors (Lipinski definition) is 3. The Hall–Kier alpha value is -2.73. The van der Waals surface area contributed by atoms with Crippen molar-refractivity contribution in [3.05, 3.63) is 59.2 Å². The summed E-state index contributed by atoms with van der Waals surface area (Å²) in [6.07, 6.45) is 1.84. The van der Waals surface area contributed by atoms with E-state index in [4.69, 9.17) is 9.47 Å². The van der Waals surface area contributed by atoms with Crippen LogP contribution in [0.5, 0.6) is 11.5 Å². The van der Waals surface area contributed by atoms with Crippen molar-refractivity contribution in [1.82, 2.24) is 0 Å². The minimum Gasteiger partial charge on any atom is -0.493 e. The van der Waals surface area contributed by atoms with Crippen LogP contribution in [-0.2, 0) is 0 Å². The average Bonchev–Trinajstić information content (AvgIpc) is 2.58. The molecule has 3 heteroatoms. The summed E-state index contributed by atoms with van der Waals surface area (Å²) in [6, 6.07) is 13.7. The van der Waals surface area contributed by atoms with Crippen LogP contribution in [0, 0.1) is 11.8 Å². The number of ether oxygens (including phenoxy) is 2. The Kier molecular flexibility index (Phi) is 5.65. The molecule has 2 aromatic carbocycles. The third-order valence-electron chi connectivity index (χ3n) is 3.26. The van der Waals surface area contributed by atoms with E-state index < -0.39 is 0 Å². The normalized spacial score (nSPS) is 11.0. The van der Waals surface area contributed by atoms with E-state index in [0.29, 0.717) is 11.5 Å². The summed E-state index contributed by atoms with van der Waals surface area (Å²) in [6.45, 7) is 6.17. The molecule has 3 nitrogen and oxygen atoms in total. The van der Waals surface area contributed by atoms with Gasteiger partial charge < -0.3 is 9.47 Å². The van der Waals surface area contributed by atoms with Gasteiger partial charge in [-0.25, -0.2) is 0 Å². The zero-order valence-corrected chi connectivity index (χ0v) is 14.9. The molecule has 0 amide bonds. The number of benzene rings is 2. The highest BCUT2D eigenvalue weighted by Crippen LogP contribution is 2.30. The van der Waals surface area contributed by atoms with Gasteiger partial charge in [-0.05, 0) is 39.0 Å². The maximum absolute atomic E-state index is 5.39. The molecule has 0 aliphatic rings. The molecule has 0 N–H and O–H groups in total. The first kappa shape index (κ1) is 17.6. The molecule has 2 aromatic rings. The molecule has 0 spiro atoms. The Bertz CT molecular complexity index is 775. The van der Waals surface area contributed by atoms with Crippen LogP contribution in [0.15, 0.2) is 47.5 Å². The van der Waals surface area contributed by atoms with Gasteiger partial charge in [0.2, 0.25) is 0 Å². The Balaban J connectivity index is 2.51. The Morgan fingerprint density at radius 3 is 2.12 bits per heavy atom. The lowest BCUT2D eigenvalue weighted by Gasteiger charge is -2.13. The molecular formula is C21H23NO2. The number of nitrogens with zero attached hydrogens (tertiary/aromatic N) is 1. The van der Waals surface area contributed by atoms with Crippen molar-refractivity contribution in [3.63, 3.8) is 0 Å². The fourth-order valence-corrected chi connectivity index (χ4v) is 2.03. The lowest BCUT2D eigenvalue weighted by Crippen LogP contribution is -2.10. The second-order valence-electron chi connectivity index (χ2n) is 6.34. The minimum absolute atomic E-state index is 0.155. The van der Waals surface area contributed by atoms with Crippen LogP contribution in [0.25, 0.3) is 0 Å². The molecule has 0 heterocycles. The number of methoxy groups -OCH3 is 2. The highest BCUT2D eigenvalue weighted by atomic mass is 16.5.